The van der Waals surface area contributed by atoms with Gasteiger partial charge in [0.15, 0.2) is 9.84 Å². The van der Waals surface area contributed by atoms with Crippen LogP contribution in [-0.4, -0.2) is 42.9 Å². The minimum absolute atomic E-state index is 0.217. The van der Waals surface area contributed by atoms with Crippen LogP contribution < -0.4 is 0 Å². The topological polar surface area (TPSA) is 91.8 Å². The molecule has 1 atom stereocenters. The third-order valence-electron chi connectivity index (χ3n) is 4.32. The Labute approximate surface area is 159 Å². The Morgan fingerprint density at radius 1 is 1.07 bits per heavy atom. The zero-order valence-electron chi connectivity index (χ0n) is 15.3. The molecule has 0 bridgehead atoms. The molecule has 0 radical (unpaired) electrons. The van der Waals surface area contributed by atoms with Crippen LogP contribution >= 0.6 is 0 Å². The molecular weight excluding hydrogens is 366 g/mol. The Balaban J connectivity index is 2.28. The van der Waals surface area contributed by atoms with Gasteiger partial charge < -0.3 is 10.0 Å². The van der Waals surface area contributed by atoms with Gasteiger partial charge in [-0.2, -0.15) is 0 Å². The molecule has 0 saturated carbocycles. The van der Waals surface area contributed by atoms with Crippen LogP contribution in [0.2, 0.25) is 0 Å². The lowest BCUT2D eigenvalue weighted by atomic mass is 10.1. The van der Waals surface area contributed by atoms with E-state index in [1.807, 2.05) is 6.92 Å². The first kappa shape index (κ1) is 20.6. The van der Waals surface area contributed by atoms with Gasteiger partial charge >= 0.3 is 5.97 Å². The fraction of sp³-hybridized carbons (Fsp3) is 0.300. The van der Waals surface area contributed by atoms with Gasteiger partial charge in [0.25, 0.3) is 5.91 Å². The second-order valence-electron chi connectivity index (χ2n) is 6.36. The molecule has 2 rings (SSSR count). The summed E-state index contributed by atoms with van der Waals surface area (Å²) >= 11 is 0. The van der Waals surface area contributed by atoms with Gasteiger partial charge in [0, 0.05) is 11.6 Å². The van der Waals surface area contributed by atoms with Crippen molar-refractivity contribution in [1.82, 2.24) is 4.90 Å². The number of benzene rings is 2. The van der Waals surface area contributed by atoms with Crippen molar-refractivity contribution in [1.29, 1.82) is 0 Å². The molecule has 0 aliphatic carbocycles. The molecular formula is C20H23NO5S. The minimum atomic E-state index is -3.54. The van der Waals surface area contributed by atoms with E-state index >= 15 is 0 Å². The molecule has 6 nitrogen and oxygen atoms in total. The molecule has 0 saturated heterocycles. The van der Waals surface area contributed by atoms with E-state index in [-0.39, 0.29) is 22.3 Å². The predicted octanol–water partition coefficient (Wildman–Crippen LogP) is 2.99. The molecule has 2 aromatic rings. The molecule has 7 heteroatoms. The Morgan fingerprint density at radius 3 is 2.33 bits per heavy atom. The van der Waals surface area contributed by atoms with E-state index in [4.69, 9.17) is 5.11 Å². The summed E-state index contributed by atoms with van der Waals surface area (Å²) in [5, 5.41) is 9.08. The Morgan fingerprint density at radius 2 is 1.74 bits per heavy atom. The van der Waals surface area contributed by atoms with E-state index in [2.05, 4.69) is 0 Å². The summed E-state index contributed by atoms with van der Waals surface area (Å²) in [5.41, 5.74) is 0.751. The summed E-state index contributed by atoms with van der Waals surface area (Å²) in [6.45, 7) is 3.25. The summed E-state index contributed by atoms with van der Waals surface area (Å²) in [4.78, 5) is 25.4. The molecule has 0 fully saturated rings. The summed E-state index contributed by atoms with van der Waals surface area (Å²) in [6.07, 6.45) is 0.612. The molecule has 0 aromatic heterocycles. The normalized spacial score (nSPS) is 12.4. The standard InChI is InChI=1S/C20H23NO5S/c1-3-15(2)21(13-19(22)23)20(24)17-9-7-8-16(12-17)14-27(25,26)18-10-5-4-6-11-18/h4-12,15H,3,13-14H2,1-2H3,(H,22,23). The van der Waals surface area contributed by atoms with Gasteiger partial charge in [-0.1, -0.05) is 37.3 Å². The van der Waals surface area contributed by atoms with Crippen molar-refractivity contribution in [2.24, 2.45) is 0 Å². The van der Waals surface area contributed by atoms with Crippen molar-refractivity contribution in [3.8, 4) is 0 Å². The second-order valence-corrected chi connectivity index (χ2v) is 8.35. The lowest BCUT2D eigenvalue weighted by Gasteiger charge is -2.27. The lowest BCUT2D eigenvalue weighted by molar-refractivity contribution is -0.138. The number of aliphatic carboxylic acids is 1. The summed E-state index contributed by atoms with van der Waals surface area (Å²) < 4.78 is 25.1. The Bertz CT molecular complexity index is 909. The van der Waals surface area contributed by atoms with E-state index in [0.717, 1.165) is 0 Å². The third-order valence-corrected chi connectivity index (χ3v) is 6.03. The maximum Gasteiger partial charge on any atom is 0.323 e. The van der Waals surface area contributed by atoms with Crippen LogP contribution in [0.3, 0.4) is 0 Å². The van der Waals surface area contributed by atoms with Crippen molar-refractivity contribution in [3.63, 3.8) is 0 Å². The van der Waals surface area contributed by atoms with E-state index in [1.54, 1.807) is 43.3 Å². The number of carbonyl (C=O) groups is 2. The first-order valence-corrected chi connectivity index (χ1v) is 10.3. The molecule has 144 valence electrons. The molecule has 1 N–H and O–H groups in total. The average Bonchev–Trinajstić information content (AvgIpc) is 2.65. The van der Waals surface area contributed by atoms with Crippen molar-refractivity contribution < 1.29 is 23.1 Å². The summed E-state index contributed by atoms with van der Waals surface area (Å²) in [5.74, 6) is -1.75. The molecule has 0 spiro atoms. The number of sulfone groups is 1. The van der Waals surface area contributed by atoms with Gasteiger partial charge in [-0.25, -0.2) is 8.42 Å². The van der Waals surface area contributed by atoms with Crippen LogP contribution in [0.25, 0.3) is 0 Å². The second kappa shape index (κ2) is 8.81. The number of carbonyl (C=O) groups excluding carboxylic acids is 1. The van der Waals surface area contributed by atoms with Crippen LogP contribution in [0.1, 0.15) is 36.2 Å². The highest BCUT2D eigenvalue weighted by Crippen LogP contribution is 2.18. The molecule has 1 unspecified atom stereocenters. The van der Waals surface area contributed by atoms with Crippen LogP contribution in [0, 0.1) is 0 Å². The zero-order chi connectivity index (χ0) is 20.0. The van der Waals surface area contributed by atoms with Gasteiger partial charge in [-0.3, -0.25) is 9.59 Å². The number of carboxylic acid groups (broad SMARTS) is 1. The van der Waals surface area contributed by atoms with Crippen molar-refractivity contribution in [3.05, 3.63) is 65.7 Å². The van der Waals surface area contributed by atoms with Crippen LogP contribution in [0.15, 0.2) is 59.5 Å². The SMILES string of the molecule is CCC(C)N(CC(=O)O)C(=O)c1cccc(CS(=O)(=O)c2ccccc2)c1. The summed E-state index contributed by atoms with van der Waals surface area (Å²) in [7, 11) is -3.54. The average molecular weight is 389 g/mol. The molecule has 0 aliphatic rings. The van der Waals surface area contributed by atoms with Gasteiger partial charge in [0.1, 0.15) is 6.54 Å². The first-order valence-electron chi connectivity index (χ1n) is 8.64. The van der Waals surface area contributed by atoms with Crippen molar-refractivity contribution >= 4 is 21.7 Å². The highest BCUT2D eigenvalue weighted by Gasteiger charge is 2.23. The van der Waals surface area contributed by atoms with E-state index in [1.165, 1.54) is 23.1 Å². The number of hydrogen-bond acceptors (Lipinski definition) is 4. The number of hydrogen-bond donors (Lipinski definition) is 1. The minimum Gasteiger partial charge on any atom is -0.480 e. The van der Waals surface area contributed by atoms with Crippen molar-refractivity contribution in [2.75, 3.05) is 6.54 Å². The molecule has 1 amide bonds. The third kappa shape index (κ3) is 5.40. The lowest BCUT2D eigenvalue weighted by Crippen LogP contribution is -2.41. The van der Waals surface area contributed by atoms with E-state index < -0.39 is 28.3 Å². The first-order chi connectivity index (χ1) is 12.7. The number of nitrogens with zero attached hydrogens (tertiary/aromatic N) is 1. The van der Waals surface area contributed by atoms with Crippen LogP contribution in [0.4, 0.5) is 0 Å². The predicted molar refractivity (Wildman–Crippen MR) is 102 cm³/mol. The fourth-order valence-electron chi connectivity index (χ4n) is 2.68. The molecule has 0 aliphatic heterocycles. The number of carboxylic acids is 1. The highest BCUT2D eigenvalue weighted by molar-refractivity contribution is 7.90. The zero-order valence-corrected chi connectivity index (χ0v) is 16.1. The maximum absolute atomic E-state index is 12.8. The van der Waals surface area contributed by atoms with E-state index in [0.29, 0.717) is 12.0 Å². The molecule has 2 aromatic carbocycles. The van der Waals surface area contributed by atoms with Gasteiger partial charge in [0.05, 0.1) is 10.6 Å². The number of amides is 1. The maximum atomic E-state index is 12.8. The Kier molecular flexibility index (Phi) is 6.74. The van der Waals surface area contributed by atoms with Crippen LogP contribution in [-0.2, 0) is 20.4 Å². The van der Waals surface area contributed by atoms with E-state index in [9.17, 15) is 18.0 Å². The molecule has 0 heterocycles. The van der Waals surface area contributed by atoms with Gasteiger partial charge in [0.2, 0.25) is 0 Å². The monoisotopic (exact) mass is 389 g/mol. The van der Waals surface area contributed by atoms with Gasteiger partial charge in [-0.05, 0) is 43.2 Å². The highest BCUT2D eigenvalue weighted by atomic mass is 32.2. The Hall–Kier alpha value is -2.67. The largest absolute Gasteiger partial charge is 0.480 e. The van der Waals surface area contributed by atoms with Crippen molar-refractivity contribution in [2.45, 2.75) is 37.0 Å². The van der Waals surface area contributed by atoms with Crippen LogP contribution in [0.5, 0.6) is 0 Å². The quantitative estimate of drug-likeness (QED) is 0.749. The molecule has 27 heavy (non-hydrogen) atoms. The number of rotatable bonds is 8. The van der Waals surface area contributed by atoms with Gasteiger partial charge in [-0.15, -0.1) is 0 Å². The summed E-state index contributed by atoms with van der Waals surface area (Å²) in [6, 6.07) is 14.2. The smallest absolute Gasteiger partial charge is 0.323 e. The fourth-order valence-corrected chi connectivity index (χ4v) is 4.04.